The predicted octanol–water partition coefficient (Wildman–Crippen LogP) is 4.84. The molecule has 1 aromatic heterocycles. The van der Waals surface area contributed by atoms with E-state index in [1.807, 2.05) is 45.0 Å². The maximum absolute atomic E-state index is 13.0. The van der Waals surface area contributed by atoms with Gasteiger partial charge in [0.25, 0.3) is 0 Å². The number of para-hydroxylation sites is 2. The number of imidazole rings is 1. The molecule has 0 saturated heterocycles. The average molecular weight is 375 g/mol. The molecule has 0 fully saturated rings. The fourth-order valence-electron chi connectivity index (χ4n) is 3.76. The summed E-state index contributed by atoms with van der Waals surface area (Å²) in [7, 11) is 0. The van der Waals surface area contributed by atoms with Gasteiger partial charge in [-0.2, -0.15) is 0 Å². The van der Waals surface area contributed by atoms with Crippen LogP contribution in [0.5, 0.6) is 0 Å². The standard InChI is InChI=1S/C23H25N3O2/c1-5-16-10-12-17(13-11-16)21-20(22(27)28-14(2)3)15(4)24-23-25-18-8-6-7-9-19(18)26(21)23/h6-14,21H,5H2,1-4H3,(H,24,25)/t21-/m0/s1. The van der Waals surface area contributed by atoms with Crippen molar-refractivity contribution in [3.8, 4) is 0 Å². The summed E-state index contributed by atoms with van der Waals surface area (Å²) in [6, 6.07) is 16.1. The van der Waals surface area contributed by atoms with Crippen molar-refractivity contribution < 1.29 is 9.53 Å². The van der Waals surface area contributed by atoms with Crippen molar-refractivity contribution in [3.63, 3.8) is 0 Å². The number of carbonyl (C=O) groups excluding carboxylic acids is 1. The van der Waals surface area contributed by atoms with E-state index < -0.39 is 0 Å². The molecule has 144 valence electrons. The van der Waals surface area contributed by atoms with Crippen LogP contribution in [-0.4, -0.2) is 21.6 Å². The van der Waals surface area contributed by atoms with Crippen molar-refractivity contribution >= 4 is 23.0 Å². The van der Waals surface area contributed by atoms with E-state index in [0.717, 1.165) is 34.7 Å². The highest BCUT2D eigenvalue weighted by atomic mass is 16.5. The number of carbonyl (C=O) groups is 1. The minimum Gasteiger partial charge on any atom is -0.459 e. The Hall–Kier alpha value is -3.08. The highest BCUT2D eigenvalue weighted by Gasteiger charge is 2.35. The van der Waals surface area contributed by atoms with E-state index in [1.54, 1.807) is 0 Å². The van der Waals surface area contributed by atoms with E-state index in [4.69, 9.17) is 9.72 Å². The Morgan fingerprint density at radius 2 is 1.89 bits per heavy atom. The third kappa shape index (κ3) is 3.07. The lowest BCUT2D eigenvalue weighted by Crippen LogP contribution is -2.30. The fraction of sp³-hybridized carbons (Fsp3) is 0.304. The number of aromatic nitrogens is 2. The van der Waals surface area contributed by atoms with Crippen LogP contribution in [0.2, 0.25) is 0 Å². The van der Waals surface area contributed by atoms with Crippen LogP contribution in [0.15, 0.2) is 59.8 Å². The molecule has 28 heavy (non-hydrogen) atoms. The average Bonchev–Trinajstić information content (AvgIpc) is 3.04. The zero-order chi connectivity index (χ0) is 19.8. The fourth-order valence-corrected chi connectivity index (χ4v) is 3.76. The summed E-state index contributed by atoms with van der Waals surface area (Å²) in [5.74, 6) is 0.442. The number of nitrogens with zero attached hydrogens (tertiary/aromatic N) is 2. The molecule has 0 amide bonds. The van der Waals surface area contributed by atoms with Gasteiger partial charge >= 0.3 is 5.97 Å². The summed E-state index contributed by atoms with van der Waals surface area (Å²) >= 11 is 0. The van der Waals surface area contributed by atoms with Crippen LogP contribution in [-0.2, 0) is 16.0 Å². The summed E-state index contributed by atoms with van der Waals surface area (Å²) in [6.45, 7) is 7.78. The third-order valence-electron chi connectivity index (χ3n) is 5.10. The SMILES string of the molecule is CCc1ccc([C@H]2C(C(=O)OC(C)C)=C(C)Nc3nc4ccccc4n32)cc1. The van der Waals surface area contributed by atoms with E-state index in [1.165, 1.54) is 5.56 Å². The second kappa shape index (κ2) is 7.15. The molecule has 5 nitrogen and oxygen atoms in total. The number of benzene rings is 2. The number of aryl methyl sites for hydroxylation is 1. The Balaban J connectivity index is 1.93. The van der Waals surface area contributed by atoms with Gasteiger partial charge < -0.3 is 10.1 Å². The molecule has 2 heterocycles. The first-order valence-electron chi connectivity index (χ1n) is 9.74. The van der Waals surface area contributed by atoms with Crippen LogP contribution in [0, 0.1) is 0 Å². The summed E-state index contributed by atoms with van der Waals surface area (Å²) in [4.78, 5) is 17.8. The first-order valence-corrected chi connectivity index (χ1v) is 9.74. The first-order chi connectivity index (χ1) is 13.5. The van der Waals surface area contributed by atoms with Gasteiger partial charge in [0.1, 0.15) is 0 Å². The van der Waals surface area contributed by atoms with Crippen molar-refractivity contribution in [3.05, 3.63) is 70.9 Å². The second-order valence-electron chi connectivity index (χ2n) is 7.41. The van der Waals surface area contributed by atoms with Crippen LogP contribution in [0.1, 0.15) is 44.9 Å². The number of allylic oxidation sites excluding steroid dienone is 1. The predicted molar refractivity (Wildman–Crippen MR) is 111 cm³/mol. The molecule has 0 unspecified atom stereocenters. The topological polar surface area (TPSA) is 56.1 Å². The summed E-state index contributed by atoms with van der Waals surface area (Å²) in [5, 5.41) is 3.31. The number of hydrogen-bond acceptors (Lipinski definition) is 4. The van der Waals surface area contributed by atoms with Gasteiger partial charge in [0.2, 0.25) is 5.95 Å². The molecule has 0 aliphatic carbocycles. The maximum atomic E-state index is 13.0. The van der Waals surface area contributed by atoms with Gasteiger partial charge in [-0.1, -0.05) is 43.3 Å². The molecule has 5 heteroatoms. The quantitative estimate of drug-likeness (QED) is 0.663. The lowest BCUT2D eigenvalue weighted by atomic mass is 9.94. The van der Waals surface area contributed by atoms with E-state index in [2.05, 4.69) is 41.1 Å². The van der Waals surface area contributed by atoms with Crippen molar-refractivity contribution in [2.24, 2.45) is 0 Å². The second-order valence-corrected chi connectivity index (χ2v) is 7.41. The highest BCUT2D eigenvalue weighted by Crippen LogP contribution is 2.39. The zero-order valence-corrected chi connectivity index (χ0v) is 16.7. The summed E-state index contributed by atoms with van der Waals surface area (Å²) in [5.41, 5.74) is 5.58. The molecule has 0 radical (unpaired) electrons. The van der Waals surface area contributed by atoms with Crippen LogP contribution in [0.4, 0.5) is 5.95 Å². The van der Waals surface area contributed by atoms with Gasteiger partial charge in [-0.15, -0.1) is 0 Å². The highest BCUT2D eigenvalue weighted by molar-refractivity contribution is 5.94. The van der Waals surface area contributed by atoms with Crippen molar-refractivity contribution in [2.45, 2.75) is 46.3 Å². The molecule has 1 aliphatic rings. The minimum absolute atomic E-state index is 0.183. The van der Waals surface area contributed by atoms with Gasteiger partial charge in [0.05, 0.1) is 28.8 Å². The van der Waals surface area contributed by atoms with Crippen LogP contribution in [0.3, 0.4) is 0 Å². The molecule has 1 aliphatic heterocycles. The number of esters is 1. The minimum atomic E-state index is -0.298. The molecule has 0 spiro atoms. The van der Waals surface area contributed by atoms with Crippen molar-refractivity contribution in [1.29, 1.82) is 0 Å². The molecular weight excluding hydrogens is 350 g/mol. The first kappa shape index (κ1) is 18.3. The van der Waals surface area contributed by atoms with Gasteiger partial charge in [0, 0.05) is 5.70 Å². The lowest BCUT2D eigenvalue weighted by Gasteiger charge is -2.30. The zero-order valence-electron chi connectivity index (χ0n) is 16.7. The number of hydrogen-bond donors (Lipinski definition) is 1. The van der Waals surface area contributed by atoms with Gasteiger partial charge in [-0.25, -0.2) is 9.78 Å². The third-order valence-corrected chi connectivity index (χ3v) is 5.10. The van der Waals surface area contributed by atoms with Gasteiger partial charge in [0.15, 0.2) is 0 Å². The number of anilines is 1. The Morgan fingerprint density at radius 3 is 2.57 bits per heavy atom. The molecule has 1 atom stereocenters. The molecule has 1 N–H and O–H groups in total. The number of rotatable bonds is 4. The molecule has 0 bridgehead atoms. The molecule has 4 rings (SSSR count). The maximum Gasteiger partial charge on any atom is 0.338 e. The number of ether oxygens (including phenoxy) is 1. The molecule has 0 saturated carbocycles. The van der Waals surface area contributed by atoms with Crippen molar-refractivity contribution in [2.75, 3.05) is 5.32 Å². The summed E-state index contributed by atoms with van der Waals surface area (Å²) in [6.07, 6.45) is 0.792. The number of nitrogens with one attached hydrogen (secondary N) is 1. The van der Waals surface area contributed by atoms with Gasteiger partial charge in [-0.05, 0) is 50.5 Å². The van der Waals surface area contributed by atoms with Crippen molar-refractivity contribution in [1.82, 2.24) is 9.55 Å². The van der Waals surface area contributed by atoms with E-state index in [0.29, 0.717) is 5.57 Å². The Labute approximate surface area is 165 Å². The van der Waals surface area contributed by atoms with Gasteiger partial charge in [-0.3, -0.25) is 4.57 Å². The van der Waals surface area contributed by atoms with E-state index >= 15 is 0 Å². The largest absolute Gasteiger partial charge is 0.459 e. The van der Waals surface area contributed by atoms with E-state index in [-0.39, 0.29) is 18.1 Å². The number of fused-ring (bicyclic) bond motifs is 3. The Kier molecular flexibility index (Phi) is 4.67. The molecule has 2 aromatic carbocycles. The Bertz CT molecular complexity index is 1060. The lowest BCUT2D eigenvalue weighted by molar-refractivity contribution is -0.143. The van der Waals surface area contributed by atoms with E-state index in [9.17, 15) is 4.79 Å². The molecule has 3 aromatic rings. The monoisotopic (exact) mass is 375 g/mol. The summed E-state index contributed by atoms with van der Waals surface area (Å²) < 4.78 is 7.69. The normalized spacial score (nSPS) is 16.2. The smallest absolute Gasteiger partial charge is 0.338 e. The molecular formula is C23H25N3O2. The van der Waals surface area contributed by atoms with Crippen LogP contribution >= 0.6 is 0 Å². The van der Waals surface area contributed by atoms with Crippen LogP contribution in [0.25, 0.3) is 11.0 Å². The Morgan fingerprint density at radius 1 is 1.18 bits per heavy atom. The van der Waals surface area contributed by atoms with Crippen LogP contribution < -0.4 is 5.32 Å².